The summed E-state index contributed by atoms with van der Waals surface area (Å²) in [6, 6.07) is 10.4. The fourth-order valence-electron chi connectivity index (χ4n) is 2.09. The fraction of sp³-hybridized carbons (Fsp3) is 0.188. The van der Waals surface area contributed by atoms with Gasteiger partial charge < -0.3 is 14.6 Å². The monoisotopic (exact) mass is 272 g/mol. The second kappa shape index (κ2) is 6.10. The molecule has 0 spiro atoms. The highest BCUT2D eigenvalue weighted by Gasteiger charge is 2.18. The molecule has 4 nitrogen and oxygen atoms in total. The van der Waals surface area contributed by atoms with E-state index in [4.69, 9.17) is 9.47 Å². The molecule has 104 valence electrons. The van der Waals surface area contributed by atoms with Gasteiger partial charge in [-0.3, -0.25) is 4.79 Å². The molecule has 2 aromatic carbocycles. The Balaban J connectivity index is 2.71. The minimum Gasteiger partial charge on any atom is -0.504 e. The number of hydrogen-bond donors (Lipinski definition) is 1. The van der Waals surface area contributed by atoms with E-state index < -0.39 is 0 Å². The Morgan fingerprint density at radius 3 is 2.55 bits per heavy atom. The lowest BCUT2D eigenvalue weighted by molar-refractivity contribution is 0.112. The van der Waals surface area contributed by atoms with Crippen molar-refractivity contribution in [3.8, 4) is 28.4 Å². The van der Waals surface area contributed by atoms with E-state index >= 15 is 0 Å². The Bertz CT molecular complexity index is 620. The first-order valence-corrected chi connectivity index (χ1v) is 6.30. The van der Waals surface area contributed by atoms with Gasteiger partial charge in [-0.2, -0.15) is 0 Å². The van der Waals surface area contributed by atoms with Gasteiger partial charge in [0, 0.05) is 16.7 Å². The SMILES string of the molecule is CCOc1ccccc1-c1c(C=O)ccc(OC)c1O. The number of methoxy groups -OCH3 is 1. The molecule has 0 saturated carbocycles. The number of aldehydes is 1. The van der Waals surface area contributed by atoms with E-state index in [9.17, 15) is 9.90 Å². The maximum absolute atomic E-state index is 11.2. The summed E-state index contributed by atoms with van der Waals surface area (Å²) < 4.78 is 10.7. The number of rotatable bonds is 5. The van der Waals surface area contributed by atoms with Crippen LogP contribution in [0.5, 0.6) is 17.2 Å². The predicted molar refractivity (Wildman–Crippen MR) is 76.7 cm³/mol. The second-order valence-electron chi connectivity index (χ2n) is 4.13. The Kier molecular flexibility index (Phi) is 4.25. The second-order valence-corrected chi connectivity index (χ2v) is 4.13. The van der Waals surface area contributed by atoms with Crippen molar-refractivity contribution >= 4 is 6.29 Å². The van der Waals surface area contributed by atoms with Crippen molar-refractivity contribution in [2.75, 3.05) is 13.7 Å². The number of aromatic hydroxyl groups is 1. The van der Waals surface area contributed by atoms with Crippen molar-refractivity contribution < 1.29 is 19.4 Å². The van der Waals surface area contributed by atoms with Gasteiger partial charge >= 0.3 is 0 Å². The van der Waals surface area contributed by atoms with Gasteiger partial charge in [0.05, 0.1) is 13.7 Å². The summed E-state index contributed by atoms with van der Waals surface area (Å²) >= 11 is 0. The van der Waals surface area contributed by atoms with Crippen molar-refractivity contribution in [1.82, 2.24) is 0 Å². The number of benzene rings is 2. The van der Waals surface area contributed by atoms with Crippen LogP contribution in [0.25, 0.3) is 11.1 Å². The van der Waals surface area contributed by atoms with E-state index in [1.807, 2.05) is 19.1 Å². The topological polar surface area (TPSA) is 55.8 Å². The first-order valence-electron chi connectivity index (χ1n) is 6.30. The third-order valence-electron chi connectivity index (χ3n) is 2.98. The molecule has 0 saturated heterocycles. The van der Waals surface area contributed by atoms with Crippen LogP contribution in [0.15, 0.2) is 36.4 Å². The Labute approximate surface area is 117 Å². The van der Waals surface area contributed by atoms with E-state index in [1.165, 1.54) is 7.11 Å². The molecule has 0 aliphatic rings. The molecule has 0 aromatic heterocycles. The lowest BCUT2D eigenvalue weighted by atomic mass is 9.98. The third-order valence-corrected chi connectivity index (χ3v) is 2.98. The van der Waals surface area contributed by atoms with Crippen molar-refractivity contribution in [3.05, 3.63) is 42.0 Å². The predicted octanol–water partition coefficient (Wildman–Crippen LogP) is 3.28. The number of ether oxygens (including phenoxy) is 2. The minimum atomic E-state index is -0.0655. The molecule has 0 heterocycles. The minimum absolute atomic E-state index is 0.0655. The Morgan fingerprint density at radius 2 is 1.90 bits per heavy atom. The zero-order valence-corrected chi connectivity index (χ0v) is 11.4. The highest BCUT2D eigenvalue weighted by molar-refractivity contribution is 5.93. The quantitative estimate of drug-likeness (QED) is 0.849. The Morgan fingerprint density at radius 1 is 1.15 bits per heavy atom. The molecule has 20 heavy (non-hydrogen) atoms. The molecule has 0 radical (unpaired) electrons. The first kappa shape index (κ1) is 13.9. The van der Waals surface area contributed by atoms with Gasteiger partial charge in [-0.15, -0.1) is 0 Å². The van der Waals surface area contributed by atoms with E-state index in [0.717, 1.165) is 0 Å². The van der Waals surface area contributed by atoms with Crippen LogP contribution in [0.2, 0.25) is 0 Å². The summed E-state index contributed by atoms with van der Waals surface area (Å²) in [4.78, 5) is 11.2. The fourth-order valence-corrected chi connectivity index (χ4v) is 2.09. The molecular weight excluding hydrogens is 256 g/mol. The number of phenolic OH excluding ortho intramolecular Hbond substituents is 1. The molecule has 4 heteroatoms. The molecule has 0 fully saturated rings. The molecule has 0 amide bonds. The van der Waals surface area contributed by atoms with E-state index in [0.29, 0.717) is 41.1 Å². The molecule has 2 aromatic rings. The molecule has 1 N–H and O–H groups in total. The zero-order valence-electron chi connectivity index (χ0n) is 11.4. The average molecular weight is 272 g/mol. The van der Waals surface area contributed by atoms with Crippen LogP contribution in [0, 0.1) is 0 Å². The van der Waals surface area contributed by atoms with Gasteiger partial charge in [0.15, 0.2) is 17.8 Å². The van der Waals surface area contributed by atoms with Gasteiger partial charge in [-0.1, -0.05) is 18.2 Å². The van der Waals surface area contributed by atoms with Crippen molar-refractivity contribution in [2.24, 2.45) is 0 Å². The van der Waals surface area contributed by atoms with Crippen molar-refractivity contribution in [2.45, 2.75) is 6.92 Å². The van der Waals surface area contributed by atoms with Gasteiger partial charge in [0.25, 0.3) is 0 Å². The highest BCUT2D eigenvalue weighted by Crippen LogP contribution is 2.42. The largest absolute Gasteiger partial charge is 0.504 e. The number of carbonyl (C=O) groups excluding carboxylic acids is 1. The highest BCUT2D eigenvalue weighted by atomic mass is 16.5. The normalized spacial score (nSPS) is 10.1. The summed E-state index contributed by atoms with van der Waals surface area (Å²) in [5.41, 5.74) is 1.46. The summed E-state index contributed by atoms with van der Waals surface area (Å²) in [6.07, 6.45) is 0.706. The lowest BCUT2D eigenvalue weighted by Crippen LogP contribution is -1.97. The molecule has 2 rings (SSSR count). The zero-order chi connectivity index (χ0) is 14.5. The summed E-state index contributed by atoms with van der Waals surface area (Å²) in [7, 11) is 1.47. The average Bonchev–Trinajstić information content (AvgIpc) is 2.48. The number of carbonyl (C=O) groups is 1. The molecule has 0 bridgehead atoms. The van der Waals surface area contributed by atoms with E-state index in [2.05, 4.69) is 0 Å². The number of hydrogen-bond acceptors (Lipinski definition) is 4. The van der Waals surface area contributed by atoms with E-state index in [-0.39, 0.29) is 5.75 Å². The van der Waals surface area contributed by atoms with Crippen LogP contribution in [0.1, 0.15) is 17.3 Å². The maximum Gasteiger partial charge on any atom is 0.166 e. The van der Waals surface area contributed by atoms with Crippen LogP contribution >= 0.6 is 0 Å². The molecule has 0 atom stereocenters. The van der Waals surface area contributed by atoms with Crippen LogP contribution in [-0.4, -0.2) is 25.1 Å². The first-order chi connectivity index (χ1) is 9.72. The van der Waals surface area contributed by atoms with Crippen molar-refractivity contribution in [1.29, 1.82) is 0 Å². The number of phenols is 1. The van der Waals surface area contributed by atoms with Gasteiger partial charge in [0.1, 0.15) is 5.75 Å². The van der Waals surface area contributed by atoms with Gasteiger partial charge in [-0.25, -0.2) is 0 Å². The van der Waals surface area contributed by atoms with Crippen LogP contribution in [0.3, 0.4) is 0 Å². The summed E-state index contributed by atoms with van der Waals surface area (Å²) in [6.45, 7) is 2.38. The van der Waals surface area contributed by atoms with Crippen LogP contribution < -0.4 is 9.47 Å². The summed E-state index contributed by atoms with van der Waals surface area (Å²) in [5, 5.41) is 10.3. The van der Waals surface area contributed by atoms with Crippen LogP contribution in [-0.2, 0) is 0 Å². The standard InChI is InChI=1S/C16H16O4/c1-3-20-13-7-5-4-6-12(13)15-11(10-17)8-9-14(19-2)16(15)18/h4-10,18H,3H2,1-2H3. The van der Waals surface area contributed by atoms with Crippen LogP contribution in [0.4, 0.5) is 0 Å². The molecule has 0 unspecified atom stereocenters. The molecular formula is C16H16O4. The molecule has 0 aliphatic carbocycles. The smallest absolute Gasteiger partial charge is 0.166 e. The Hall–Kier alpha value is -2.49. The maximum atomic E-state index is 11.2. The molecule has 0 aliphatic heterocycles. The third kappa shape index (κ3) is 2.45. The van der Waals surface area contributed by atoms with Gasteiger partial charge in [0.2, 0.25) is 0 Å². The van der Waals surface area contributed by atoms with Crippen molar-refractivity contribution in [3.63, 3.8) is 0 Å². The van der Waals surface area contributed by atoms with Gasteiger partial charge in [-0.05, 0) is 25.1 Å². The summed E-state index contributed by atoms with van der Waals surface area (Å²) in [5.74, 6) is 0.864. The van der Waals surface area contributed by atoms with E-state index in [1.54, 1.807) is 24.3 Å². The lowest BCUT2D eigenvalue weighted by Gasteiger charge is -2.15. The number of para-hydroxylation sites is 1.